The van der Waals surface area contributed by atoms with Gasteiger partial charge >= 0.3 is 6.03 Å². The molecule has 2 aromatic carbocycles. The van der Waals surface area contributed by atoms with Gasteiger partial charge in [-0.25, -0.2) is 4.79 Å². The molecule has 3 amide bonds. The molecule has 0 atom stereocenters. The van der Waals surface area contributed by atoms with Crippen molar-refractivity contribution in [3.05, 3.63) is 54.1 Å². The largest absolute Gasteiger partial charge is 0.323 e. The lowest BCUT2D eigenvalue weighted by Gasteiger charge is -2.17. The van der Waals surface area contributed by atoms with Crippen molar-refractivity contribution in [1.82, 2.24) is 0 Å². The van der Waals surface area contributed by atoms with Gasteiger partial charge in [0.1, 0.15) is 0 Å². The lowest BCUT2D eigenvalue weighted by molar-refractivity contribution is -0.119. The van der Waals surface area contributed by atoms with E-state index in [9.17, 15) is 9.59 Å². The van der Waals surface area contributed by atoms with E-state index in [2.05, 4.69) is 10.6 Å². The maximum Gasteiger partial charge on any atom is 0.323 e. The Morgan fingerprint density at radius 2 is 1.71 bits per heavy atom. The smallest absolute Gasteiger partial charge is 0.312 e. The molecule has 24 heavy (non-hydrogen) atoms. The minimum atomic E-state index is -0.273. The molecule has 1 aliphatic heterocycles. The third kappa shape index (κ3) is 2.97. The molecule has 1 aliphatic carbocycles. The van der Waals surface area contributed by atoms with Crippen LogP contribution < -0.4 is 15.5 Å². The van der Waals surface area contributed by atoms with Crippen molar-refractivity contribution >= 4 is 29.0 Å². The molecule has 0 saturated heterocycles. The third-order valence-electron chi connectivity index (χ3n) is 4.46. The standard InChI is InChI=1S/C19H19N3O2/c23-18(13-6-7-13)22-11-10-14-12-16(8-9-17(14)22)21-19(24)20-15-4-2-1-3-5-15/h1-5,8-9,12-13H,6-7,10-11H2,(H2,20,21,24). The summed E-state index contributed by atoms with van der Waals surface area (Å²) in [6, 6.07) is 14.8. The molecule has 1 saturated carbocycles. The van der Waals surface area contributed by atoms with Crippen LogP contribution in [0.25, 0.3) is 0 Å². The van der Waals surface area contributed by atoms with E-state index in [0.717, 1.165) is 48.4 Å². The van der Waals surface area contributed by atoms with Gasteiger partial charge in [-0.2, -0.15) is 0 Å². The fourth-order valence-corrected chi connectivity index (χ4v) is 3.07. The Bertz CT molecular complexity index is 784. The Morgan fingerprint density at radius 3 is 2.46 bits per heavy atom. The molecule has 0 bridgehead atoms. The Hall–Kier alpha value is -2.82. The van der Waals surface area contributed by atoms with Crippen LogP contribution in [-0.4, -0.2) is 18.5 Å². The molecule has 122 valence electrons. The van der Waals surface area contributed by atoms with Gasteiger partial charge in [0, 0.05) is 29.5 Å². The number of nitrogens with zero attached hydrogens (tertiary/aromatic N) is 1. The summed E-state index contributed by atoms with van der Waals surface area (Å²) in [5.41, 5.74) is 3.59. The number of carbonyl (C=O) groups excluding carboxylic acids is 2. The van der Waals surface area contributed by atoms with Crippen molar-refractivity contribution in [2.75, 3.05) is 22.1 Å². The SMILES string of the molecule is O=C(Nc1ccccc1)Nc1ccc2c(c1)CCN2C(=O)C1CC1. The Labute approximate surface area is 140 Å². The van der Waals surface area contributed by atoms with E-state index in [4.69, 9.17) is 0 Å². The fraction of sp³-hybridized carbons (Fsp3) is 0.263. The molecule has 1 heterocycles. The van der Waals surface area contributed by atoms with Gasteiger partial charge in [-0.3, -0.25) is 4.79 Å². The number of hydrogen-bond donors (Lipinski definition) is 2. The summed E-state index contributed by atoms with van der Waals surface area (Å²) in [5, 5.41) is 5.64. The number of fused-ring (bicyclic) bond motifs is 1. The molecule has 5 heteroatoms. The molecule has 2 aliphatic rings. The molecule has 0 radical (unpaired) electrons. The van der Waals surface area contributed by atoms with Gasteiger partial charge in [0.25, 0.3) is 0 Å². The summed E-state index contributed by atoms with van der Waals surface area (Å²) >= 11 is 0. The molecule has 1 fully saturated rings. The number of nitrogens with one attached hydrogen (secondary N) is 2. The van der Waals surface area contributed by atoms with Crippen molar-refractivity contribution < 1.29 is 9.59 Å². The molecule has 0 spiro atoms. The highest BCUT2D eigenvalue weighted by Crippen LogP contribution is 2.37. The van der Waals surface area contributed by atoms with E-state index >= 15 is 0 Å². The number of amides is 3. The van der Waals surface area contributed by atoms with E-state index in [-0.39, 0.29) is 17.9 Å². The van der Waals surface area contributed by atoms with Crippen molar-refractivity contribution in [3.8, 4) is 0 Å². The van der Waals surface area contributed by atoms with E-state index < -0.39 is 0 Å². The molecule has 5 nitrogen and oxygen atoms in total. The minimum absolute atomic E-state index is 0.227. The lowest BCUT2D eigenvalue weighted by Crippen LogP contribution is -2.30. The number of anilines is 3. The van der Waals surface area contributed by atoms with Gasteiger partial charge in [-0.05, 0) is 55.2 Å². The molecule has 0 aromatic heterocycles. The van der Waals surface area contributed by atoms with Crippen LogP contribution in [0.4, 0.5) is 21.9 Å². The van der Waals surface area contributed by atoms with Gasteiger partial charge in [0.15, 0.2) is 0 Å². The number of hydrogen-bond acceptors (Lipinski definition) is 2. The topological polar surface area (TPSA) is 61.4 Å². The van der Waals surface area contributed by atoms with Crippen LogP contribution >= 0.6 is 0 Å². The molecule has 4 rings (SSSR count). The van der Waals surface area contributed by atoms with Gasteiger partial charge < -0.3 is 15.5 Å². The lowest BCUT2D eigenvalue weighted by atomic mass is 10.1. The fourth-order valence-electron chi connectivity index (χ4n) is 3.07. The van der Waals surface area contributed by atoms with Crippen molar-refractivity contribution in [2.24, 2.45) is 5.92 Å². The number of para-hydroxylation sites is 1. The monoisotopic (exact) mass is 321 g/mol. The average molecular weight is 321 g/mol. The second-order valence-electron chi connectivity index (χ2n) is 6.30. The first kappa shape index (κ1) is 14.8. The van der Waals surface area contributed by atoms with Crippen LogP contribution in [0.15, 0.2) is 48.5 Å². The molecular weight excluding hydrogens is 302 g/mol. The van der Waals surface area contributed by atoms with Crippen molar-refractivity contribution in [3.63, 3.8) is 0 Å². The second kappa shape index (κ2) is 6.00. The van der Waals surface area contributed by atoms with E-state index in [1.165, 1.54) is 0 Å². The Morgan fingerprint density at radius 1 is 0.958 bits per heavy atom. The first-order valence-corrected chi connectivity index (χ1v) is 8.28. The van der Waals surface area contributed by atoms with E-state index in [1.54, 1.807) is 0 Å². The predicted octanol–water partition coefficient (Wildman–Crippen LogP) is 3.63. The zero-order valence-corrected chi connectivity index (χ0v) is 13.3. The first-order chi connectivity index (χ1) is 11.7. The number of carbonyl (C=O) groups is 2. The summed E-state index contributed by atoms with van der Waals surface area (Å²) in [6.45, 7) is 0.740. The maximum absolute atomic E-state index is 12.3. The molecule has 0 unspecified atom stereocenters. The van der Waals surface area contributed by atoms with Crippen LogP contribution in [-0.2, 0) is 11.2 Å². The number of urea groups is 1. The van der Waals surface area contributed by atoms with Gasteiger partial charge in [0.2, 0.25) is 5.91 Å². The molecule has 2 aromatic rings. The van der Waals surface area contributed by atoms with Crippen LogP contribution in [0.3, 0.4) is 0 Å². The first-order valence-electron chi connectivity index (χ1n) is 8.28. The maximum atomic E-state index is 12.3. The zero-order valence-electron chi connectivity index (χ0n) is 13.3. The van der Waals surface area contributed by atoms with Gasteiger partial charge in [-0.15, -0.1) is 0 Å². The van der Waals surface area contributed by atoms with Gasteiger partial charge in [0.05, 0.1) is 0 Å². The second-order valence-corrected chi connectivity index (χ2v) is 6.30. The average Bonchev–Trinajstić information content (AvgIpc) is 3.35. The normalized spacial score (nSPS) is 15.8. The summed E-state index contributed by atoms with van der Waals surface area (Å²) in [4.78, 5) is 26.2. The van der Waals surface area contributed by atoms with E-state index in [0.29, 0.717) is 0 Å². The summed E-state index contributed by atoms with van der Waals surface area (Å²) in [6.07, 6.45) is 2.87. The van der Waals surface area contributed by atoms with Crippen LogP contribution in [0.1, 0.15) is 18.4 Å². The van der Waals surface area contributed by atoms with Gasteiger partial charge in [-0.1, -0.05) is 18.2 Å². The van der Waals surface area contributed by atoms with Crippen molar-refractivity contribution in [1.29, 1.82) is 0 Å². The van der Waals surface area contributed by atoms with E-state index in [1.807, 2.05) is 53.4 Å². The highest BCUT2D eigenvalue weighted by Gasteiger charge is 2.36. The predicted molar refractivity (Wildman–Crippen MR) is 94.3 cm³/mol. The summed E-state index contributed by atoms with van der Waals surface area (Å²) in [5.74, 6) is 0.474. The number of benzene rings is 2. The third-order valence-corrected chi connectivity index (χ3v) is 4.46. The highest BCUT2D eigenvalue weighted by molar-refractivity contribution is 6.01. The molecular formula is C19H19N3O2. The Kier molecular flexibility index (Phi) is 3.69. The summed E-state index contributed by atoms with van der Waals surface area (Å²) in [7, 11) is 0. The van der Waals surface area contributed by atoms with Crippen LogP contribution in [0.2, 0.25) is 0 Å². The highest BCUT2D eigenvalue weighted by atomic mass is 16.2. The quantitative estimate of drug-likeness (QED) is 0.907. The molecule has 2 N–H and O–H groups in total. The Balaban J connectivity index is 1.44. The zero-order chi connectivity index (χ0) is 16.5. The van der Waals surface area contributed by atoms with Crippen LogP contribution in [0, 0.1) is 5.92 Å². The summed E-state index contributed by atoms with van der Waals surface area (Å²) < 4.78 is 0. The number of rotatable bonds is 3. The van der Waals surface area contributed by atoms with Crippen LogP contribution in [0.5, 0.6) is 0 Å². The van der Waals surface area contributed by atoms with Crippen molar-refractivity contribution in [2.45, 2.75) is 19.3 Å². The minimum Gasteiger partial charge on any atom is -0.312 e.